The highest BCUT2D eigenvalue weighted by Crippen LogP contribution is 2.34. The lowest BCUT2D eigenvalue weighted by atomic mass is 10.2. The van der Waals surface area contributed by atoms with Gasteiger partial charge < -0.3 is 15.4 Å². The molecule has 0 saturated heterocycles. The molecule has 0 aliphatic carbocycles. The Kier molecular flexibility index (Phi) is 5.62. The summed E-state index contributed by atoms with van der Waals surface area (Å²) in [5.41, 5.74) is 1.39. The minimum atomic E-state index is -3.79. The van der Waals surface area contributed by atoms with Gasteiger partial charge in [-0.05, 0) is 43.7 Å². The van der Waals surface area contributed by atoms with E-state index in [0.29, 0.717) is 27.7 Å². The number of aryl methyl sites for hydroxylation is 1. The summed E-state index contributed by atoms with van der Waals surface area (Å²) in [6.07, 6.45) is -0.219. The molecule has 2 N–H and O–H groups in total. The highest BCUT2D eigenvalue weighted by molar-refractivity contribution is 7.92. The number of carbonyl (C=O) groups excluding carboxylic acids is 2. The number of ether oxygens (including phenoxy) is 1. The Morgan fingerprint density at radius 1 is 1.32 bits per heavy atom. The van der Waals surface area contributed by atoms with E-state index in [1.54, 1.807) is 37.3 Å². The number of halogens is 1. The van der Waals surface area contributed by atoms with E-state index >= 15 is 0 Å². The van der Waals surface area contributed by atoms with Gasteiger partial charge >= 0.3 is 0 Å². The van der Waals surface area contributed by atoms with Crippen LogP contribution in [0.3, 0.4) is 0 Å². The number of fused-ring (bicyclic) bond motifs is 1. The summed E-state index contributed by atoms with van der Waals surface area (Å²) in [5.74, 6) is -0.439. The van der Waals surface area contributed by atoms with Gasteiger partial charge in [0.05, 0.1) is 15.8 Å². The van der Waals surface area contributed by atoms with Crippen LogP contribution in [0.2, 0.25) is 5.02 Å². The van der Waals surface area contributed by atoms with Crippen molar-refractivity contribution in [1.82, 2.24) is 0 Å². The van der Waals surface area contributed by atoms with Gasteiger partial charge in [-0.25, -0.2) is 8.42 Å². The zero-order valence-electron chi connectivity index (χ0n) is 15.3. The Morgan fingerprint density at radius 2 is 2.07 bits per heavy atom. The van der Waals surface area contributed by atoms with E-state index in [-0.39, 0.29) is 23.8 Å². The Morgan fingerprint density at radius 3 is 2.79 bits per heavy atom. The summed E-state index contributed by atoms with van der Waals surface area (Å²) in [6.45, 7) is 2.94. The number of anilines is 2. The fourth-order valence-corrected chi connectivity index (χ4v) is 4.66. The van der Waals surface area contributed by atoms with Crippen molar-refractivity contribution in [2.75, 3.05) is 17.2 Å². The lowest BCUT2D eigenvalue weighted by Gasteiger charge is -2.21. The van der Waals surface area contributed by atoms with Crippen molar-refractivity contribution in [1.29, 1.82) is 0 Å². The third-order valence-electron chi connectivity index (χ3n) is 4.33. The van der Waals surface area contributed by atoms with Crippen LogP contribution in [-0.2, 0) is 19.4 Å². The number of carbonyl (C=O) groups is 2. The fraction of sp³-hybridized carbons (Fsp3) is 0.263. The second kappa shape index (κ2) is 7.81. The van der Waals surface area contributed by atoms with Gasteiger partial charge in [-0.1, -0.05) is 17.7 Å². The molecule has 1 heterocycles. The molecule has 2 aromatic carbocycles. The molecule has 0 spiro atoms. The molecule has 0 radical (unpaired) electrons. The Hall–Kier alpha value is -2.58. The van der Waals surface area contributed by atoms with Crippen LogP contribution in [0, 0.1) is 6.92 Å². The Balaban J connectivity index is 1.78. The number of benzene rings is 2. The molecular formula is C19H19ClN2O5S. The van der Waals surface area contributed by atoms with Crippen LogP contribution in [0.1, 0.15) is 18.9 Å². The third-order valence-corrected chi connectivity index (χ3v) is 6.84. The van der Waals surface area contributed by atoms with Gasteiger partial charge in [0.15, 0.2) is 16.4 Å². The standard InChI is InChI=1S/C19H19ClN2O5S/c1-11-6-15-16(27-10-19(24)22-15)9-17(11)28(25,26)12(2)7-18(23)21-14-5-3-4-13(20)8-14/h3-6,8-9,12H,7,10H2,1-2H3,(H,21,23)(H,22,24). The van der Waals surface area contributed by atoms with E-state index in [4.69, 9.17) is 16.3 Å². The van der Waals surface area contributed by atoms with Crippen LogP contribution in [0.15, 0.2) is 41.3 Å². The number of hydrogen-bond acceptors (Lipinski definition) is 5. The first-order valence-electron chi connectivity index (χ1n) is 8.53. The molecule has 0 bridgehead atoms. The predicted octanol–water partition coefficient (Wildman–Crippen LogP) is 3.17. The molecule has 0 aromatic heterocycles. The SMILES string of the molecule is Cc1cc2c(cc1S(=O)(=O)C(C)CC(=O)Nc1cccc(Cl)c1)OCC(=O)N2. The molecule has 9 heteroatoms. The quantitative estimate of drug-likeness (QED) is 0.770. The molecule has 1 aliphatic rings. The fourth-order valence-electron chi connectivity index (χ4n) is 2.89. The zero-order chi connectivity index (χ0) is 20.5. The minimum Gasteiger partial charge on any atom is -0.482 e. The van der Waals surface area contributed by atoms with Gasteiger partial charge in [-0.2, -0.15) is 0 Å². The number of hydrogen-bond donors (Lipinski definition) is 2. The summed E-state index contributed by atoms with van der Waals surface area (Å²) >= 11 is 5.89. The number of sulfone groups is 1. The molecule has 3 rings (SSSR count). The van der Waals surface area contributed by atoms with Crippen molar-refractivity contribution < 1.29 is 22.7 Å². The molecule has 148 valence electrons. The van der Waals surface area contributed by atoms with Gasteiger partial charge in [0.2, 0.25) is 5.91 Å². The number of nitrogens with one attached hydrogen (secondary N) is 2. The average molecular weight is 423 g/mol. The lowest BCUT2D eigenvalue weighted by molar-refractivity contribution is -0.118. The first kappa shape index (κ1) is 20.2. The maximum Gasteiger partial charge on any atom is 0.262 e. The summed E-state index contributed by atoms with van der Waals surface area (Å²) < 4.78 is 31.3. The molecular weight excluding hydrogens is 404 g/mol. The summed E-state index contributed by atoms with van der Waals surface area (Å²) in [4.78, 5) is 23.8. The van der Waals surface area contributed by atoms with Crippen LogP contribution in [-0.4, -0.2) is 32.1 Å². The summed E-state index contributed by atoms with van der Waals surface area (Å²) in [6, 6.07) is 9.56. The number of rotatable bonds is 5. The Bertz CT molecular complexity index is 1050. The van der Waals surface area contributed by atoms with Crippen LogP contribution in [0.25, 0.3) is 0 Å². The largest absolute Gasteiger partial charge is 0.482 e. The number of amides is 2. The molecule has 0 saturated carbocycles. The normalized spacial score (nSPS) is 14.5. The maximum absolute atomic E-state index is 13.0. The van der Waals surface area contributed by atoms with E-state index in [1.807, 2.05) is 0 Å². The first-order chi connectivity index (χ1) is 13.2. The van der Waals surface area contributed by atoms with E-state index in [0.717, 1.165) is 0 Å². The van der Waals surface area contributed by atoms with Crippen LogP contribution in [0.5, 0.6) is 5.75 Å². The smallest absolute Gasteiger partial charge is 0.262 e. The van der Waals surface area contributed by atoms with E-state index in [1.165, 1.54) is 13.0 Å². The van der Waals surface area contributed by atoms with Crippen molar-refractivity contribution >= 4 is 44.6 Å². The Labute approximate surface area is 168 Å². The molecule has 7 nitrogen and oxygen atoms in total. The summed E-state index contributed by atoms with van der Waals surface area (Å²) in [7, 11) is -3.79. The van der Waals surface area contributed by atoms with E-state index in [9.17, 15) is 18.0 Å². The topological polar surface area (TPSA) is 102 Å². The van der Waals surface area contributed by atoms with Crippen LogP contribution in [0.4, 0.5) is 11.4 Å². The summed E-state index contributed by atoms with van der Waals surface area (Å²) in [5, 5.41) is 4.80. The van der Waals surface area contributed by atoms with Crippen LogP contribution >= 0.6 is 11.6 Å². The van der Waals surface area contributed by atoms with Gasteiger partial charge in [-0.15, -0.1) is 0 Å². The van der Waals surface area contributed by atoms with Gasteiger partial charge in [0.25, 0.3) is 5.91 Å². The highest BCUT2D eigenvalue weighted by atomic mass is 35.5. The van der Waals surface area contributed by atoms with Crippen molar-refractivity contribution in [3.8, 4) is 5.75 Å². The molecule has 0 fully saturated rings. The zero-order valence-corrected chi connectivity index (χ0v) is 16.9. The first-order valence-corrected chi connectivity index (χ1v) is 10.5. The maximum atomic E-state index is 13.0. The predicted molar refractivity (Wildman–Crippen MR) is 107 cm³/mol. The highest BCUT2D eigenvalue weighted by Gasteiger charge is 2.29. The van der Waals surface area contributed by atoms with E-state index in [2.05, 4.69) is 10.6 Å². The third kappa shape index (κ3) is 4.28. The molecule has 28 heavy (non-hydrogen) atoms. The molecule has 1 aliphatic heterocycles. The van der Waals surface area contributed by atoms with E-state index < -0.39 is 21.0 Å². The second-order valence-corrected chi connectivity index (χ2v) is 9.34. The molecule has 2 amide bonds. The lowest BCUT2D eigenvalue weighted by Crippen LogP contribution is -2.27. The van der Waals surface area contributed by atoms with Crippen molar-refractivity contribution in [3.05, 3.63) is 47.0 Å². The molecule has 1 atom stereocenters. The second-order valence-electron chi connectivity index (χ2n) is 6.57. The minimum absolute atomic E-state index is 0.0745. The molecule has 2 aromatic rings. The average Bonchev–Trinajstić information content (AvgIpc) is 2.60. The van der Waals surface area contributed by atoms with Gasteiger partial charge in [0, 0.05) is 23.2 Å². The van der Waals surface area contributed by atoms with Crippen molar-refractivity contribution in [2.24, 2.45) is 0 Å². The van der Waals surface area contributed by atoms with Crippen molar-refractivity contribution in [3.63, 3.8) is 0 Å². The monoisotopic (exact) mass is 422 g/mol. The van der Waals surface area contributed by atoms with Gasteiger partial charge in [0.1, 0.15) is 5.75 Å². The van der Waals surface area contributed by atoms with Crippen molar-refractivity contribution in [2.45, 2.75) is 30.4 Å². The van der Waals surface area contributed by atoms with Gasteiger partial charge in [-0.3, -0.25) is 9.59 Å². The van der Waals surface area contributed by atoms with Crippen LogP contribution < -0.4 is 15.4 Å². The molecule has 1 unspecified atom stereocenters.